The number of aromatic nitrogens is 3. The summed E-state index contributed by atoms with van der Waals surface area (Å²) in [5.41, 5.74) is 0.156. The smallest absolute Gasteiger partial charge is 0.354 e. The molecule has 0 bridgehead atoms. The lowest BCUT2D eigenvalue weighted by Crippen LogP contribution is -2.34. The second-order valence-electron chi connectivity index (χ2n) is 7.37. The quantitative estimate of drug-likeness (QED) is 0.393. The summed E-state index contributed by atoms with van der Waals surface area (Å²) in [4.78, 5) is 41.4. The Morgan fingerprint density at radius 1 is 1.15 bits per heavy atom. The minimum Gasteiger partial charge on any atom is -0.497 e. The lowest BCUT2D eigenvalue weighted by atomic mass is 10.2. The first-order valence-electron chi connectivity index (χ1n) is 9.78. The number of hydrogen-bond donors (Lipinski definition) is 2. The van der Waals surface area contributed by atoms with Crippen LogP contribution in [0.25, 0.3) is 27.5 Å². The molecule has 0 saturated carbocycles. The van der Waals surface area contributed by atoms with E-state index in [1.165, 1.54) is 11.3 Å². The van der Waals surface area contributed by atoms with Crippen LogP contribution in [0.2, 0.25) is 5.02 Å². The van der Waals surface area contributed by atoms with E-state index in [9.17, 15) is 19.5 Å². The number of carbonyl (C=O) groups is 1. The number of methoxy groups -OCH3 is 1. The summed E-state index contributed by atoms with van der Waals surface area (Å²) in [5, 5.41) is 14.5. The molecule has 33 heavy (non-hydrogen) atoms. The summed E-state index contributed by atoms with van der Waals surface area (Å²) < 4.78 is 7.71. The Hall–Kier alpha value is -3.82. The van der Waals surface area contributed by atoms with Gasteiger partial charge in [-0.2, -0.15) is 0 Å². The van der Waals surface area contributed by atoms with Crippen LogP contribution < -0.4 is 16.0 Å². The second-order valence-corrected chi connectivity index (χ2v) is 8.55. The lowest BCUT2D eigenvalue weighted by Gasteiger charge is -2.11. The first-order valence-corrected chi connectivity index (χ1v) is 11.1. The molecule has 10 heteroatoms. The Morgan fingerprint density at radius 3 is 2.73 bits per heavy atom. The van der Waals surface area contributed by atoms with Crippen molar-refractivity contribution in [2.24, 2.45) is 0 Å². The fraction of sp³-hybridized carbons (Fsp3) is 0.0870. The maximum absolute atomic E-state index is 13.3. The molecule has 0 fully saturated rings. The second kappa shape index (κ2) is 7.95. The van der Waals surface area contributed by atoms with Gasteiger partial charge in [0.15, 0.2) is 5.69 Å². The Morgan fingerprint density at radius 2 is 1.97 bits per heavy atom. The van der Waals surface area contributed by atoms with Crippen molar-refractivity contribution in [2.45, 2.75) is 6.54 Å². The average Bonchev–Trinajstić information content (AvgIpc) is 3.37. The van der Waals surface area contributed by atoms with E-state index in [-0.39, 0.29) is 17.9 Å². The van der Waals surface area contributed by atoms with Gasteiger partial charge in [0.2, 0.25) is 0 Å². The first kappa shape index (κ1) is 21.0. The van der Waals surface area contributed by atoms with Gasteiger partial charge in [0.25, 0.3) is 5.56 Å². The number of halogens is 1. The largest absolute Gasteiger partial charge is 0.497 e. The summed E-state index contributed by atoms with van der Waals surface area (Å²) in [5.74, 6) is -0.656. The van der Waals surface area contributed by atoms with Crippen molar-refractivity contribution in [2.75, 3.05) is 7.11 Å². The number of fused-ring (bicyclic) bond motifs is 2. The van der Waals surface area contributed by atoms with Gasteiger partial charge in [0.05, 0.1) is 29.2 Å². The van der Waals surface area contributed by atoms with Crippen LogP contribution in [-0.2, 0) is 6.54 Å². The van der Waals surface area contributed by atoms with Crippen LogP contribution >= 0.6 is 22.9 Å². The minimum atomic E-state index is -1.28. The molecule has 0 atom stereocenters. The van der Waals surface area contributed by atoms with Crippen molar-refractivity contribution in [3.05, 3.63) is 90.3 Å². The molecule has 0 aliphatic heterocycles. The number of hydrogen-bond acceptors (Lipinski definition) is 5. The van der Waals surface area contributed by atoms with Crippen LogP contribution in [0.15, 0.2) is 62.8 Å². The van der Waals surface area contributed by atoms with Crippen LogP contribution in [0.5, 0.6) is 5.75 Å². The Kier molecular flexibility index (Phi) is 5.07. The van der Waals surface area contributed by atoms with Crippen molar-refractivity contribution < 1.29 is 14.6 Å². The van der Waals surface area contributed by atoms with Gasteiger partial charge in [-0.25, -0.2) is 14.2 Å². The number of aromatic carboxylic acids is 1. The van der Waals surface area contributed by atoms with Gasteiger partial charge in [-0.1, -0.05) is 23.7 Å². The third kappa shape index (κ3) is 3.42. The minimum absolute atomic E-state index is 0.0257. The van der Waals surface area contributed by atoms with E-state index in [2.05, 4.69) is 4.98 Å². The number of rotatable bonds is 5. The van der Waals surface area contributed by atoms with Gasteiger partial charge in [0, 0.05) is 27.7 Å². The fourth-order valence-corrected chi connectivity index (χ4v) is 4.94. The summed E-state index contributed by atoms with van der Waals surface area (Å²) in [6, 6.07) is 12.1. The molecule has 166 valence electrons. The molecule has 5 aromatic rings. The molecule has 2 N–H and O–H groups in total. The van der Waals surface area contributed by atoms with Gasteiger partial charge < -0.3 is 19.4 Å². The number of aromatic amines is 1. The van der Waals surface area contributed by atoms with E-state index in [1.54, 1.807) is 58.8 Å². The van der Waals surface area contributed by atoms with Crippen molar-refractivity contribution in [1.82, 2.24) is 14.1 Å². The van der Waals surface area contributed by atoms with Crippen LogP contribution in [0.3, 0.4) is 0 Å². The molecular formula is C23H16ClN3O5S. The standard InChI is InChI=1S/C23H16ClN3O5S/c1-32-14-4-2-3-12(7-14)9-26-18-6-5-13(24)8-15(18)19(20(26)22(29)30)27-21(28)16-10-33-11-17(16)25-23(27)31/h2-8,10-11H,9H2,1H3,(H,25,31)(H,29,30). The summed E-state index contributed by atoms with van der Waals surface area (Å²) in [6.07, 6.45) is 0. The zero-order chi connectivity index (χ0) is 23.3. The monoisotopic (exact) mass is 481 g/mol. The SMILES string of the molecule is COc1cccc(Cn2c(C(=O)O)c(-n3c(=O)[nH]c4cscc4c3=O)c3cc(Cl)ccc32)c1. The highest BCUT2D eigenvalue weighted by molar-refractivity contribution is 7.09. The number of benzene rings is 2. The van der Waals surface area contributed by atoms with Crippen molar-refractivity contribution >= 4 is 50.7 Å². The molecule has 0 saturated heterocycles. The maximum Gasteiger partial charge on any atom is 0.354 e. The predicted octanol–water partition coefficient (Wildman–Crippen LogP) is 4.10. The van der Waals surface area contributed by atoms with Crippen LogP contribution in [0, 0.1) is 0 Å². The highest BCUT2D eigenvalue weighted by Crippen LogP contribution is 2.32. The van der Waals surface area contributed by atoms with E-state index in [0.29, 0.717) is 32.6 Å². The Balaban J connectivity index is 1.88. The molecule has 0 radical (unpaired) electrons. The normalized spacial score (nSPS) is 11.3. The van der Waals surface area contributed by atoms with Crippen molar-refractivity contribution in [1.29, 1.82) is 0 Å². The number of carboxylic acids is 1. The molecule has 5 rings (SSSR count). The Bertz CT molecular complexity index is 1680. The molecule has 3 aromatic heterocycles. The Labute approximate surface area is 194 Å². The van der Waals surface area contributed by atoms with E-state index < -0.39 is 17.2 Å². The van der Waals surface area contributed by atoms with Gasteiger partial charge >= 0.3 is 11.7 Å². The molecule has 0 aliphatic rings. The number of nitrogens with one attached hydrogen (secondary N) is 1. The molecule has 8 nitrogen and oxygen atoms in total. The third-order valence-electron chi connectivity index (χ3n) is 5.44. The van der Waals surface area contributed by atoms with Crippen molar-refractivity contribution in [3.8, 4) is 11.4 Å². The van der Waals surface area contributed by atoms with E-state index in [4.69, 9.17) is 16.3 Å². The van der Waals surface area contributed by atoms with E-state index in [1.807, 2.05) is 6.07 Å². The highest BCUT2D eigenvalue weighted by Gasteiger charge is 2.27. The highest BCUT2D eigenvalue weighted by atomic mass is 35.5. The van der Waals surface area contributed by atoms with Crippen LogP contribution in [0.4, 0.5) is 0 Å². The van der Waals surface area contributed by atoms with Crippen LogP contribution in [-0.4, -0.2) is 32.3 Å². The lowest BCUT2D eigenvalue weighted by molar-refractivity contribution is 0.0686. The number of H-pyrrole nitrogens is 1. The number of thiophene rings is 1. The van der Waals surface area contributed by atoms with Crippen LogP contribution in [0.1, 0.15) is 16.1 Å². The molecular weight excluding hydrogens is 466 g/mol. The number of nitrogens with zero attached hydrogens (tertiary/aromatic N) is 2. The summed E-state index contributed by atoms with van der Waals surface area (Å²) in [7, 11) is 1.55. The number of carboxylic acid groups (broad SMARTS) is 1. The van der Waals surface area contributed by atoms with Gasteiger partial charge in [-0.15, -0.1) is 11.3 Å². The first-order chi connectivity index (χ1) is 15.9. The van der Waals surface area contributed by atoms with Gasteiger partial charge in [0.1, 0.15) is 5.75 Å². The summed E-state index contributed by atoms with van der Waals surface area (Å²) >= 11 is 7.50. The third-order valence-corrected chi connectivity index (χ3v) is 6.42. The molecule has 0 aliphatic carbocycles. The zero-order valence-electron chi connectivity index (χ0n) is 17.2. The molecule has 2 aromatic carbocycles. The fourth-order valence-electron chi connectivity index (χ4n) is 4.02. The van der Waals surface area contributed by atoms with E-state index in [0.717, 1.165) is 10.1 Å². The topological polar surface area (TPSA) is 106 Å². The number of ether oxygens (including phenoxy) is 1. The predicted molar refractivity (Wildman–Crippen MR) is 128 cm³/mol. The molecule has 0 spiro atoms. The summed E-state index contributed by atoms with van der Waals surface area (Å²) in [6.45, 7) is 0.171. The maximum atomic E-state index is 13.3. The van der Waals surface area contributed by atoms with Crippen molar-refractivity contribution in [3.63, 3.8) is 0 Å². The van der Waals surface area contributed by atoms with E-state index >= 15 is 0 Å². The van der Waals surface area contributed by atoms with Gasteiger partial charge in [-0.3, -0.25) is 4.79 Å². The molecule has 0 unspecified atom stereocenters. The molecule has 0 amide bonds. The average molecular weight is 482 g/mol. The zero-order valence-corrected chi connectivity index (χ0v) is 18.7. The van der Waals surface area contributed by atoms with Gasteiger partial charge in [-0.05, 0) is 35.9 Å². The molecule has 3 heterocycles.